The van der Waals surface area contributed by atoms with Crippen LogP contribution in [0.4, 0.5) is 11.4 Å². The number of para-hydroxylation sites is 2. The Morgan fingerprint density at radius 3 is 2.59 bits per heavy atom. The Morgan fingerprint density at radius 1 is 1.24 bits per heavy atom. The number of ether oxygens (including phenoxy) is 1. The molecule has 0 spiro atoms. The summed E-state index contributed by atoms with van der Waals surface area (Å²) in [6.07, 6.45) is 0. The highest BCUT2D eigenvalue weighted by Gasteiger charge is 2.28. The largest absolute Gasteiger partial charge is 0.495 e. The Bertz CT molecular complexity index is 875. The van der Waals surface area contributed by atoms with Gasteiger partial charge in [0, 0.05) is 32.7 Å². The summed E-state index contributed by atoms with van der Waals surface area (Å²) in [5, 5.41) is 2.79. The maximum atomic E-state index is 12.9. The van der Waals surface area contributed by atoms with Gasteiger partial charge in [0.15, 0.2) is 5.69 Å². The predicted molar refractivity (Wildman–Crippen MR) is 115 cm³/mol. The van der Waals surface area contributed by atoms with E-state index in [4.69, 9.17) is 10.5 Å². The third-order valence-corrected chi connectivity index (χ3v) is 5.65. The highest BCUT2D eigenvalue weighted by molar-refractivity contribution is 7.09. The smallest absolute Gasteiger partial charge is 0.273 e. The van der Waals surface area contributed by atoms with Gasteiger partial charge in [0.05, 0.1) is 18.5 Å². The Labute approximate surface area is 174 Å². The van der Waals surface area contributed by atoms with E-state index < -0.39 is 0 Å². The molecule has 1 aromatic carbocycles. The van der Waals surface area contributed by atoms with Crippen LogP contribution in [0.15, 0.2) is 24.3 Å². The van der Waals surface area contributed by atoms with Crippen LogP contribution >= 0.6 is 11.5 Å². The van der Waals surface area contributed by atoms with Gasteiger partial charge >= 0.3 is 0 Å². The molecule has 0 aliphatic carbocycles. The van der Waals surface area contributed by atoms with Gasteiger partial charge in [-0.15, -0.1) is 0 Å². The Morgan fingerprint density at radius 2 is 1.93 bits per heavy atom. The fourth-order valence-electron chi connectivity index (χ4n) is 3.18. The van der Waals surface area contributed by atoms with Crippen LogP contribution in [-0.4, -0.2) is 60.9 Å². The van der Waals surface area contributed by atoms with Gasteiger partial charge in [0.25, 0.3) is 11.8 Å². The minimum atomic E-state index is -0.340. The number of nitrogens with one attached hydrogen (secondary N) is 1. The molecule has 2 heterocycles. The van der Waals surface area contributed by atoms with Crippen molar-refractivity contribution < 1.29 is 14.3 Å². The number of nitrogens with zero attached hydrogens (tertiary/aromatic N) is 3. The maximum Gasteiger partial charge on any atom is 0.273 e. The topological polar surface area (TPSA) is 101 Å². The minimum Gasteiger partial charge on any atom is -0.495 e. The molecule has 29 heavy (non-hydrogen) atoms. The summed E-state index contributed by atoms with van der Waals surface area (Å²) in [5.41, 5.74) is 7.40. The molecule has 3 N–H and O–H groups in total. The molecule has 2 aromatic rings. The number of hydrogen-bond donors (Lipinski definition) is 2. The molecular formula is C20H27N5O3S. The number of anilines is 2. The van der Waals surface area contributed by atoms with Crippen molar-refractivity contribution in [3.05, 3.63) is 34.8 Å². The first-order valence-electron chi connectivity index (χ1n) is 9.63. The van der Waals surface area contributed by atoms with Gasteiger partial charge in [0.1, 0.15) is 10.6 Å². The Balaban J connectivity index is 1.65. The summed E-state index contributed by atoms with van der Waals surface area (Å²) in [7, 11) is 1.65. The average Bonchev–Trinajstić information content (AvgIpc) is 3.13. The second-order valence-electron chi connectivity index (χ2n) is 7.33. The lowest BCUT2D eigenvalue weighted by molar-refractivity contribution is 0.0752. The lowest BCUT2D eigenvalue weighted by atomic mass is 10.2. The van der Waals surface area contributed by atoms with Crippen molar-refractivity contribution in [3.63, 3.8) is 0 Å². The summed E-state index contributed by atoms with van der Waals surface area (Å²) in [6.45, 7) is 7.03. The van der Waals surface area contributed by atoms with E-state index in [0.717, 1.165) is 23.0 Å². The first-order valence-corrected chi connectivity index (χ1v) is 10.4. The van der Waals surface area contributed by atoms with Crippen LogP contribution in [0.2, 0.25) is 0 Å². The van der Waals surface area contributed by atoms with Crippen molar-refractivity contribution >= 4 is 34.7 Å². The Kier molecular flexibility index (Phi) is 6.58. The molecule has 1 aromatic heterocycles. The molecule has 8 nitrogen and oxygen atoms in total. The number of hydrogen-bond acceptors (Lipinski definition) is 7. The van der Waals surface area contributed by atoms with Crippen LogP contribution in [0.3, 0.4) is 0 Å². The second kappa shape index (κ2) is 9.13. The number of benzene rings is 1. The second-order valence-corrected chi connectivity index (χ2v) is 8.10. The van der Waals surface area contributed by atoms with Crippen LogP contribution < -0.4 is 20.7 Å². The number of nitrogens with two attached hydrogens (primary N) is 1. The van der Waals surface area contributed by atoms with Gasteiger partial charge in [0.2, 0.25) is 0 Å². The molecule has 2 amide bonds. The highest BCUT2D eigenvalue weighted by atomic mass is 32.1. The van der Waals surface area contributed by atoms with E-state index in [0.29, 0.717) is 43.5 Å². The van der Waals surface area contributed by atoms with Crippen molar-refractivity contribution in [1.82, 2.24) is 14.6 Å². The molecule has 156 valence electrons. The maximum absolute atomic E-state index is 12.9. The van der Waals surface area contributed by atoms with E-state index in [1.54, 1.807) is 12.0 Å². The van der Waals surface area contributed by atoms with Crippen molar-refractivity contribution in [2.75, 3.05) is 50.5 Å². The number of nitrogen functional groups attached to an aromatic ring is 1. The van der Waals surface area contributed by atoms with E-state index in [2.05, 4.69) is 14.6 Å². The summed E-state index contributed by atoms with van der Waals surface area (Å²) in [6, 6.07) is 7.85. The molecule has 0 unspecified atom stereocenters. The first-order chi connectivity index (χ1) is 13.9. The summed E-state index contributed by atoms with van der Waals surface area (Å²) in [5.74, 6) is 0.616. The molecule has 9 heteroatoms. The van der Waals surface area contributed by atoms with Gasteiger partial charge in [-0.2, -0.15) is 4.37 Å². The highest BCUT2D eigenvalue weighted by Crippen LogP contribution is 2.29. The Hall–Kier alpha value is -2.81. The van der Waals surface area contributed by atoms with Crippen molar-refractivity contribution in [2.45, 2.75) is 13.8 Å². The van der Waals surface area contributed by atoms with Crippen molar-refractivity contribution in [3.8, 4) is 5.75 Å². The summed E-state index contributed by atoms with van der Waals surface area (Å²) < 4.78 is 9.56. The third kappa shape index (κ3) is 4.61. The molecule has 1 fully saturated rings. The van der Waals surface area contributed by atoms with Crippen LogP contribution in [0.5, 0.6) is 5.75 Å². The predicted octanol–water partition coefficient (Wildman–Crippen LogP) is 2.08. The lowest BCUT2D eigenvalue weighted by Crippen LogP contribution is -2.48. The number of methoxy groups -OCH3 is 1. The molecule has 1 aliphatic rings. The number of amides is 2. The van der Waals surface area contributed by atoms with Gasteiger partial charge < -0.3 is 25.6 Å². The van der Waals surface area contributed by atoms with Crippen LogP contribution in [-0.2, 0) is 0 Å². The monoisotopic (exact) mass is 417 g/mol. The summed E-state index contributed by atoms with van der Waals surface area (Å²) >= 11 is 0.983. The first kappa shape index (κ1) is 20.9. The van der Waals surface area contributed by atoms with Gasteiger partial charge in [-0.05, 0) is 29.6 Å². The molecule has 3 rings (SSSR count). The van der Waals surface area contributed by atoms with Crippen LogP contribution in [0, 0.1) is 5.92 Å². The van der Waals surface area contributed by atoms with E-state index in [1.165, 1.54) is 0 Å². The van der Waals surface area contributed by atoms with E-state index >= 15 is 0 Å². The standard InChI is InChI=1S/C20H27N5O3S/c1-13(2)12-22-19(26)17-16(21)18(29-23-17)20(27)25-10-8-24(9-11-25)14-6-4-5-7-15(14)28-3/h4-7,13H,8-12,21H2,1-3H3,(H,22,26). The SMILES string of the molecule is COc1ccccc1N1CCN(C(=O)c2snc(C(=O)NCC(C)C)c2N)CC1. The molecule has 1 saturated heterocycles. The average molecular weight is 418 g/mol. The molecule has 0 saturated carbocycles. The van der Waals surface area contributed by atoms with Gasteiger partial charge in [-0.3, -0.25) is 9.59 Å². The molecule has 1 aliphatic heterocycles. The number of aromatic nitrogens is 1. The van der Waals surface area contributed by atoms with Crippen molar-refractivity contribution in [2.24, 2.45) is 5.92 Å². The zero-order valence-corrected chi connectivity index (χ0v) is 17.8. The van der Waals surface area contributed by atoms with Crippen LogP contribution in [0.1, 0.15) is 34.0 Å². The van der Waals surface area contributed by atoms with E-state index in [1.807, 2.05) is 38.1 Å². The van der Waals surface area contributed by atoms with Gasteiger partial charge in [-0.25, -0.2) is 0 Å². The quantitative estimate of drug-likeness (QED) is 0.746. The number of piperazine rings is 1. The zero-order chi connectivity index (χ0) is 21.0. The van der Waals surface area contributed by atoms with E-state index in [9.17, 15) is 9.59 Å². The minimum absolute atomic E-state index is 0.131. The normalized spacial score (nSPS) is 14.2. The van der Waals surface area contributed by atoms with Crippen LogP contribution in [0.25, 0.3) is 0 Å². The van der Waals surface area contributed by atoms with Gasteiger partial charge in [-0.1, -0.05) is 26.0 Å². The number of carbonyl (C=O) groups is 2. The zero-order valence-electron chi connectivity index (χ0n) is 17.0. The molecule has 0 atom stereocenters. The third-order valence-electron chi connectivity index (χ3n) is 4.80. The summed E-state index contributed by atoms with van der Waals surface area (Å²) in [4.78, 5) is 29.5. The lowest BCUT2D eigenvalue weighted by Gasteiger charge is -2.36. The molecule has 0 bridgehead atoms. The fourth-order valence-corrected chi connectivity index (χ4v) is 3.95. The molecular weight excluding hydrogens is 390 g/mol. The number of carbonyl (C=O) groups excluding carboxylic acids is 2. The van der Waals surface area contributed by atoms with E-state index in [-0.39, 0.29) is 23.2 Å². The molecule has 0 radical (unpaired) electrons. The number of rotatable bonds is 6. The van der Waals surface area contributed by atoms with Crippen molar-refractivity contribution in [1.29, 1.82) is 0 Å². The fraction of sp³-hybridized carbons (Fsp3) is 0.450.